The zero-order chi connectivity index (χ0) is 19.0. The van der Waals surface area contributed by atoms with Crippen LogP contribution >= 0.6 is 11.8 Å². The lowest BCUT2D eigenvalue weighted by Crippen LogP contribution is -2.48. The molecule has 0 bridgehead atoms. The molecule has 2 unspecified atom stereocenters. The zero-order valence-electron chi connectivity index (χ0n) is 14.6. The molecule has 2 fully saturated rings. The summed E-state index contributed by atoms with van der Waals surface area (Å²) in [4.78, 5) is 30.4. The van der Waals surface area contributed by atoms with E-state index in [0.717, 1.165) is 6.42 Å². The van der Waals surface area contributed by atoms with Crippen molar-refractivity contribution in [3.8, 4) is 11.6 Å². The Balaban J connectivity index is 1.40. The van der Waals surface area contributed by atoms with Gasteiger partial charge in [-0.3, -0.25) is 9.59 Å². The zero-order valence-corrected chi connectivity index (χ0v) is 15.5. The number of rotatable bonds is 4. The molecule has 2 saturated heterocycles. The van der Waals surface area contributed by atoms with Gasteiger partial charge in [-0.15, -0.1) is 11.8 Å². The molecule has 0 aliphatic carbocycles. The molecule has 3 heterocycles. The second-order valence-electron chi connectivity index (χ2n) is 6.70. The molecule has 2 aromatic rings. The van der Waals surface area contributed by atoms with E-state index in [2.05, 4.69) is 10.3 Å². The van der Waals surface area contributed by atoms with Crippen molar-refractivity contribution in [2.24, 2.45) is 0 Å². The van der Waals surface area contributed by atoms with E-state index in [1.807, 2.05) is 6.92 Å². The molecule has 0 radical (unpaired) electrons. The van der Waals surface area contributed by atoms with Gasteiger partial charge < -0.3 is 15.0 Å². The Morgan fingerprint density at radius 3 is 2.81 bits per heavy atom. The van der Waals surface area contributed by atoms with Gasteiger partial charge in [0.1, 0.15) is 17.6 Å². The standard InChI is InChI=1S/C19H18FN3O3S/c1-19-9-8-17(24)23(19)15(11-27-19)18(25)22-13-4-7-16(21-10-13)26-14-5-2-12(20)3-6-14/h2-7,10,15H,8-9,11H2,1H3,(H,22,25). The first-order valence-corrected chi connectivity index (χ1v) is 9.60. The molecule has 27 heavy (non-hydrogen) atoms. The van der Waals surface area contributed by atoms with Crippen LogP contribution in [0.1, 0.15) is 19.8 Å². The number of halogens is 1. The topological polar surface area (TPSA) is 71.5 Å². The second kappa shape index (κ2) is 6.84. The van der Waals surface area contributed by atoms with Crippen molar-refractivity contribution in [1.82, 2.24) is 9.88 Å². The number of aromatic nitrogens is 1. The van der Waals surface area contributed by atoms with E-state index in [9.17, 15) is 14.0 Å². The first-order valence-electron chi connectivity index (χ1n) is 8.61. The van der Waals surface area contributed by atoms with Crippen LogP contribution in [-0.2, 0) is 9.59 Å². The highest BCUT2D eigenvalue weighted by Crippen LogP contribution is 2.47. The summed E-state index contributed by atoms with van der Waals surface area (Å²) in [7, 11) is 0. The first-order chi connectivity index (χ1) is 12.9. The maximum Gasteiger partial charge on any atom is 0.248 e. The third-order valence-corrected chi connectivity index (χ3v) is 6.29. The fraction of sp³-hybridized carbons (Fsp3) is 0.316. The third kappa shape index (κ3) is 3.49. The van der Waals surface area contributed by atoms with Gasteiger partial charge in [0.2, 0.25) is 17.7 Å². The fourth-order valence-electron chi connectivity index (χ4n) is 3.38. The van der Waals surface area contributed by atoms with Gasteiger partial charge in [-0.2, -0.15) is 0 Å². The number of hydrogen-bond donors (Lipinski definition) is 1. The smallest absolute Gasteiger partial charge is 0.248 e. The summed E-state index contributed by atoms with van der Waals surface area (Å²) in [5.74, 6) is 0.868. The Morgan fingerprint density at radius 2 is 2.11 bits per heavy atom. The summed E-state index contributed by atoms with van der Waals surface area (Å²) in [6, 6.07) is 8.45. The van der Waals surface area contributed by atoms with Crippen molar-refractivity contribution in [2.75, 3.05) is 11.1 Å². The number of hydrogen-bond acceptors (Lipinski definition) is 5. The summed E-state index contributed by atoms with van der Waals surface area (Å²) in [6.07, 6.45) is 2.76. The largest absolute Gasteiger partial charge is 0.439 e. The Morgan fingerprint density at radius 1 is 1.33 bits per heavy atom. The Hall–Kier alpha value is -2.61. The van der Waals surface area contributed by atoms with Crippen LogP contribution < -0.4 is 10.1 Å². The van der Waals surface area contributed by atoms with Crippen LogP contribution in [0.4, 0.5) is 10.1 Å². The summed E-state index contributed by atoms with van der Waals surface area (Å²) in [5, 5.41) is 2.82. The van der Waals surface area contributed by atoms with Crippen LogP contribution in [0.15, 0.2) is 42.6 Å². The number of carbonyl (C=O) groups excluding carboxylic acids is 2. The number of anilines is 1. The van der Waals surface area contributed by atoms with Gasteiger partial charge >= 0.3 is 0 Å². The van der Waals surface area contributed by atoms with Gasteiger partial charge in [-0.05, 0) is 43.7 Å². The minimum atomic E-state index is -0.467. The lowest BCUT2D eigenvalue weighted by Gasteiger charge is -2.29. The lowest BCUT2D eigenvalue weighted by atomic mass is 10.2. The molecule has 2 atom stereocenters. The van der Waals surface area contributed by atoms with E-state index in [1.54, 1.807) is 28.8 Å². The Kier molecular flexibility index (Phi) is 4.51. The SMILES string of the molecule is CC12CCC(=O)N1C(C(=O)Nc1ccc(Oc3ccc(F)cc3)nc1)CS2. The number of carbonyl (C=O) groups is 2. The van der Waals surface area contributed by atoms with Crippen LogP contribution in [0.25, 0.3) is 0 Å². The van der Waals surface area contributed by atoms with E-state index in [0.29, 0.717) is 29.5 Å². The molecular formula is C19H18FN3O3S. The molecule has 0 spiro atoms. The molecule has 2 aliphatic rings. The van der Waals surface area contributed by atoms with Crippen molar-refractivity contribution in [3.63, 3.8) is 0 Å². The van der Waals surface area contributed by atoms with Crippen molar-refractivity contribution in [1.29, 1.82) is 0 Å². The van der Waals surface area contributed by atoms with E-state index in [1.165, 1.54) is 30.5 Å². The minimum absolute atomic E-state index is 0.0313. The van der Waals surface area contributed by atoms with Gasteiger partial charge in [-0.25, -0.2) is 9.37 Å². The quantitative estimate of drug-likeness (QED) is 0.871. The van der Waals surface area contributed by atoms with E-state index >= 15 is 0 Å². The maximum absolute atomic E-state index is 12.9. The van der Waals surface area contributed by atoms with Crippen LogP contribution in [0.5, 0.6) is 11.6 Å². The first kappa shape index (κ1) is 17.8. The van der Waals surface area contributed by atoms with Crippen molar-refractivity contribution < 1.29 is 18.7 Å². The highest BCUT2D eigenvalue weighted by molar-refractivity contribution is 8.01. The predicted octanol–water partition coefficient (Wildman–Crippen LogP) is 3.41. The molecule has 6 nitrogen and oxygen atoms in total. The van der Waals surface area contributed by atoms with Gasteiger partial charge in [0.25, 0.3) is 0 Å². The molecule has 4 rings (SSSR count). The Labute approximate surface area is 160 Å². The van der Waals surface area contributed by atoms with Crippen molar-refractivity contribution >= 4 is 29.3 Å². The molecule has 1 aromatic carbocycles. The summed E-state index contributed by atoms with van der Waals surface area (Å²) in [6.45, 7) is 2.01. The number of amides is 2. The van der Waals surface area contributed by atoms with Crippen LogP contribution in [-0.4, -0.2) is 38.4 Å². The minimum Gasteiger partial charge on any atom is -0.439 e. The predicted molar refractivity (Wildman–Crippen MR) is 100 cm³/mol. The van der Waals surface area contributed by atoms with Gasteiger partial charge in [-0.1, -0.05) is 0 Å². The van der Waals surface area contributed by atoms with Crippen molar-refractivity contribution in [2.45, 2.75) is 30.7 Å². The lowest BCUT2D eigenvalue weighted by molar-refractivity contribution is -0.135. The summed E-state index contributed by atoms with van der Waals surface area (Å²) < 4.78 is 18.5. The number of fused-ring (bicyclic) bond motifs is 1. The van der Waals surface area contributed by atoms with E-state index in [4.69, 9.17) is 4.74 Å². The summed E-state index contributed by atoms with van der Waals surface area (Å²) in [5.41, 5.74) is 0.525. The van der Waals surface area contributed by atoms with E-state index < -0.39 is 6.04 Å². The molecule has 2 aliphatic heterocycles. The molecule has 140 valence electrons. The van der Waals surface area contributed by atoms with Crippen molar-refractivity contribution in [3.05, 3.63) is 48.4 Å². The average Bonchev–Trinajstić information content (AvgIpc) is 3.15. The number of nitrogens with one attached hydrogen (secondary N) is 1. The third-order valence-electron chi connectivity index (χ3n) is 4.79. The van der Waals surface area contributed by atoms with Gasteiger partial charge in [0, 0.05) is 18.2 Å². The van der Waals surface area contributed by atoms with Gasteiger partial charge in [0.05, 0.1) is 16.8 Å². The number of ether oxygens (including phenoxy) is 1. The molecule has 8 heteroatoms. The van der Waals surface area contributed by atoms with Crippen LogP contribution in [0.2, 0.25) is 0 Å². The van der Waals surface area contributed by atoms with Crippen LogP contribution in [0.3, 0.4) is 0 Å². The molecule has 2 amide bonds. The number of benzene rings is 1. The number of pyridine rings is 1. The van der Waals surface area contributed by atoms with Gasteiger partial charge in [0.15, 0.2) is 0 Å². The second-order valence-corrected chi connectivity index (χ2v) is 8.20. The Bertz CT molecular complexity index is 875. The highest BCUT2D eigenvalue weighted by atomic mass is 32.2. The molecule has 1 aromatic heterocycles. The summed E-state index contributed by atoms with van der Waals surface area (Å²) >= 11 is 1.65. The molecule has 1 N–H and O–H groups in total. The number of thioether (sulfide) groups is 1. The average molecular weight is 387 g/mol. The van der Waals surface area contributed by atoms with Crippen LogP contribution in [0, 0.1) is 5.82 Å². The molecular weight excluding hydrogens is 369 g/mol. The monoisotopic (exact) mass is 387 g/mol. The van der Waals surface area contributed by atoms with E-state index in [-0.39, 0.29) is 22.5 Å². The molecule has 0 saturated carbocycles. The highest BCUT2D eigenvalue weighted by Gasteiger charge is 2.52. The fourth-order valence-corrected chi connectivity index (χ4v) is 4.81. The normalized spacial score (nSPS) is 24.0. The maximum atomic E-state index is 12.9. The number of nitrogens with zero attached hydrogens (tertiary/aromatic N) is 2.